The Hall–Kier alpha value is -2.22. The van der Waals surface area contributed by atoms with E-state index in [-0.39, 0.29) is 18.4 Å². The zero-order valence-electron chi connectivity index (χ0n) is 16.3. The molecule has 0 spiro atoms. The lowest BCUT2D eigenvalue weighted by molar-refractivity contribution is -0.121. The van der Waals surface area contributed by atoms with Crippen molar-refractivity contribution in [2.75, 3.05) is 13.1 Å². The van der Waals surface area contributed by atoms with E-state index in [0.717, 1.165) is 28.7 Å². The number of carbonyl (C=O) groups is 1. The molecule has 2 aromatic carbocycles. The van der Waals surface area contributed by atoms with E-state index in [4.69, 9.17) is 0 Å². The molecule has 1 aliphatic heterocycles. The van der Waals surface area contributed by atoms with Crippen LogP contribution in [0.5, 0.6) is 0 Å². The second-order valence-electron chi connectivity index (χ2n) is 7.40. The van der Waals surface area contributed by atoms with Crippen molar-refractivity contribution in [3.05, 3.63) is 65.0 Å². The topological polar surface area (TPSA) is 66.5 Å². The third-order valence-electron chi connectivity index (χ3n) is 5.28. The van der Waals surface area contributed by atoms with Crippen LogP contribution in [0.2, 0.25) is 0 Å². The highest BCUT2D eigenvalue weighted by Crippen LogP contribution is 2.28. The number of sulfonamides is 1. The van der Waals surface area contributed by atoms with E-state index >= 15 is 0 Å². The predicted octanol–water partition coefficient (Wildman–Crippen LogP) is 4.11. The molecule has 0 saturated carbocycles. The number of hydrogen-bond donors (Lipinski definition) is 1. The first kappa shape index (κ1) is 20.1. The molecule has 1 unspecified atom stereocenters. The van der Waals surface area contributed by atoms with Gasteiger partial charge in [-0.2, -0.15) is 4.31 Å². The number of nitrogens with one attached hydrogen (secondary N) is 1. The van der Waals surface area contributed by atoms with Gasteiger partial charge < -0.3 is 5.32 Å². The van der Waals surface area contributed by atoms with Crippen LogP contribution in [0.4, 0.5) is 0 Å². The highest BCUT2D eigenvalue weighted by molar-refractivity contribution is 7.91. The quantitative estimate of drug-likeness (QED) is 0.643. The Labute approximate surface area is 175 Å². The maximum atomic E-state index is 12.6. The van der Waals surface area contributed by atoms with E-state index in [9.17, 15) is 13.2 Å². The summed E-state index contributed by atoms with van der Waals surface area (Å²) in [5, 5.41) is 5.33. The fourth-order valence-corrected chi connectivity index (χ4v) is 6.68. The smallest absolute Gasteiger partial charge is 0.252 e. The largest absolute Gasteiger partial charge is 0.349 e. The molecule has 1 saturated heterocycles. The van der Waals surface area contributed by atoms with Gasteiger partial charge in [-0.25, -0.2) is 8.42 Å². The number of benzene rings is 2. The maximum absolute atomic E-state index is 12.6. The predicted molar refractivity (Wildman–Crippen MR) is 117 cm³/mol. The van der Waals surface area contributed by atoms with Crippen LogP contribution in [-0.4, -0.2) is 31.7 Å². The minimum Gasteiger partial charge on any atom is -0.349 e. The number of rotatable bonds is 6. The summed E-state index contributed by atoms with van der Waals surface area (Å²) < 4.78 is 27.1. The van der Waals surface area contributed by atoms with E-state index in [1.807, 2.05) is 25.1 Å². The van der Waals surface area contributed by atoms with Crippen LogP contribution in [0.1, 0.15) is 36.2 Å². The van der Waals surface area contributed by atoms with Gasteiger partial charge in [0.15, 0.2) is 0 Å². The first-order valence-corrected chi connectivity index (χ1v) is 12.1. The molecule has 0 bridgehead atoms. The van der Waals surface area contributed by atoms with Crippen LogP contribution in [0.3, 0.4) is 0 Å². The minimum atomic E-state index is -3.42. The van der Waals surface area contributed by atoms with Crippen LogP contribution >= 0.6 is 11.3 Å². The van der Waals surface area contributed by atoms with Crippen molar-refractivity contribution >= 4 is 38.0 Å². The summed E-state index contributed by atoms with van der Waals surface area (Å²) in [7, 11) is -3.42. The summed E-state index contributed by atoms with van der Waals surface area (Å²) in [5.74, 6) is -0.113. The zero-order chi connectivity index (χ0) is 20.4. The highest BCUT2D eigenvalue weighted by atomic mass is 32.2. The van der Waals surface area contributed by atoms with Gasteiger partial charge >= 0.3 is 0 Å². The van der Waals surface area contributed by atoms with Crippen molar-refractivity contribution in [3.8, 4) is 0 Å². The van der Waals surface area contributed by atoms with E-state index in [0.29, 0.717) is 17.3 Å². The van der Waals surface area contributed by atoms with Gasteiger partial charge in [-0.05, 0) is 54.3 Å². The molecule has 7 heteroatoms. The van der Waals surface area contributed by atoms with Crippen LogP contribution in [-0.2, 0) is 21.2 Å². The first-order chi connectivity index (χ1) is 13.9. The van der Waals surface area contributed by atoms with Gasteiger partial charge in [0, 0.05) is 18.0 Å². The van der Waals surface area contributed by atoms with Gasteiger partial charge in [-0.3, -0.25) is 4.79 Å². The van der Waals surface area contributed by atoms with E-state index in [1.165, 1.54) is 21.0 Å². The molecular weight excluding hydrogens is 404 g/mol. The molecule has 1 N–H and O–H groups in total. The second-order valence-corrected chi connectivity index (χ2v) is 10.7. The number of fused-ring (bicyclic) bond motifs is 1. The molecular formula is C22H24N2O3S2. The van der Waals surface area contributed by atoms with Crippen molar-refractivity contribution < 1.29 is 13.2 Å². The SMILES string of the molecule is CC(NC(=O)Cc1ccc(S(=O)(=O)N2CCCC2)s1)c1ccc2ccccc2c1. The molecule has 29 heavy (non-hydrogen) atoms. The molecule has 1 fully saturated rings. The van der Waals surface area contributed by atoms with Gasteiger partial charge in [0.25, 0.3) is 10.0 Å². The van der Waals surface area contributed by atoms with Gasteiger partial charge in [-0.15, -0.1) is 11.3 Å². The van der Waals surface area contributed by atoms with Crippen molar-refractivity contribution in [3.63, 3.8) is 0 Å². The van der Waals surface area contributed by atoms with Gasteiger partial charge in [0.05, 0.1) is 12.5 Å². The van der Waals surface area contributed by atoms with Crippen LogP contribution in [0, 0.1) is 0 Å². The highest BCUT2D eigenvalue weighted by Gasteiger charge is 2.28. The Morgan fingerprint density at radius 3 is 2.55 bits per heavy atom. The summed E-state index contributed by atoms with van der Waals surface area (Å²) in [6.07, 6.45) is 2.00. The zero-order valence-corrected chi connectivity index (χ0v) is 17.9. The molecule has 152 valence electrons. The molecule has 0 aliphatic carbocycles. The number of amides is 1. The fraction of sp³-hybridized carbons (Fsp3) is 0.318. The number of thiophene rings is 1. The van der Waals surface area contributed by atoms with Crippen molar-refractivity contribution in [2.45, 2.75) is 36.4 Å². The summed E-state index contributed by atoms with van der Waals surface area (Å²) in [6.45, 7) is 3.12. The van der Waals surface area contributed by atoms with E-state index in [2.05, 4.69) is 29.6 Å². The maximum Gasteiger partial charge on any atom is 0.252 e. The monoisotopic (exact) mass is 428 g/mol. The van der Waals surface area contributed by atoms with Crippen molar-refractivity contribution in [2.24, 2.45) is 0 Å². The van der Waals surface area contributed by atoms with E-state index < -0.39 is 10.0 Å². The molecule has 4 rings (SSSR count). The second kappa shape index (κ2) is 8.26. The summed E-state index contributed by atoms with van der Waals surface area (Å²) in [5.41, 5.74) is 1.04. The number of nitrogens with zero attached hydrogens (tertiary/aromatic N) is 1. The minimum absolute atomic E-state index is 0.113. The Morgan fingerprint density at radius 1 is 1.07 bits per heavy atom. The van der Waals surface area contributed by atoms with Gasteiger partial charge in [0.1, 0.15) is 4.21 Å². The number of hydrogen-bond acceptors (Lipinski definition) is 4. The average molecular weight is 429 g/mol. The Bertz CT molecular complexity index is 1130. The molecule has 0 radical (unpaired) electrons. The third kappa shape index (κ3) is 4.37. The van der Waals surface area contributed by atoms with Crippen molar-refractivity contribution in [1.29, 1.82) is 0 Å². The Kier molecular flexibility index (Phi) is 5.72. The van der Waals surface area contributed by atoms with Gasteiger partial charge in [-0.1, -0.05) is 36.4 Å². The Morgan fingerprint density at radius 2 is 1.79 bits per heavy atom. The summed E-state index contributed by atoms with van der Waals surface area (Å²) in [4.78, 5) is 13.3. The van der Waals surface area contributed by atoms with Crippen LogP contribution in [0.15, 0.2) is 58.8 Å². The lowest BCUT2D eigenvalue weighted by atomic mass is 10.0. The molecule has 2 heterocycles. The molecule has 1 atom stereocenters. The Balaban J connectivity index is 1.41. The number of carbonyl (C=O) groups excluding carboxylic acids is 1. The standard InChI is InChI=1S/C22H24N2O3S2/c1-16(18-9-8-17-6-2-3-7-19(17)14-18)23-21(25)15-20-10-11-22(28-20)29(26,27)24-12-4-5-13-24/h2-3,6-11,14,16H,4-5,12-13,15H2,1H3,(H,23,25). The average Bonchev–Trinajstić information content (AvgIpc) is 3.40. The lowest BCUT2D eigenvalue weighted by Crippen LogP contribution is -2.28. The van der Waals surface area contributed by atoms with Gasteiger partial charge in [0.2, 0.25) is 5.91 Å². The molecule has 5 nitrogen and oxygen atoms in total. The van der Waals surface area contributed by atoms with Crippen LogP contribution in [0.25, 0.3) is 10.8 Å². The van der Waals surface area contributed by atoms with E-state index in [1.54, 1.807) is 12.1 Å². The van der Waals surface area contributed by atoms with Crippen molar-refractivity contribution in [1.82, 2.24) is 9.62 Å². The van der Waals surface area contributed by atoms with Crippen LogP contribution < -0.4 is 5.32 Å². The lowest BCUT2D eigenvalue weighted by Gasteiger charge is -2.15. The molecule has 1 aromatic heterocycles. The molecule has 3 aromatic rings. The third-order valence-corrected chi connectivity index (χ3v) is 8.73. The summed E-state index contributed by atoms with van der Waals surface area (Å²) in [6, 6.07) is 17.5. The first-order valence-electron chi connectivity index (χ1n) is 9.80. The summed E-state index contributed by atoms with van der Waals surface area (Å²) >= 11 is 1.19. The normalized spacial score (nSPS) is 16.2. The molecule has 1 aliphatic rings. The fourth-order valence-electron chi connectivity index (χ4n) is 3.66. The molecule has 1 amide bonds.